The van der Waals surface area contributed by atoms with Gasteiger partial charge in [-0.2, -0.15) is 0 Å². The van der Waals surface area contributed by atoms with Crippen LogP contribution in [-0.4, -0.2) is 10.7 Å². The molecule has 2 aliphatic rings. The van der Waals surface area contributed by atoms with Gasteiger partial charge >= 0.3 is 0 Å². The van der Waals surface area contributed by atoms with Gasteiger partial charge in [0, 0.05) is 17.4 Å². The third kappa shape index (κ3) is 3.34. The largest absolute Gasteiger partial charge is 0.507 e. The fraction of sp³-hybridized carbons (Fsp3) is 0.636. The number of aryl methyl sites for hydroxylation is 1. The molecule has 1 heterocycles. The number of ether oxygens (including phenoxy) is 1. The van der Waals surface area contributed by atoms with Crippen molar-refractivity contribution in [3.05, 3.63) is 34.9 Å². The van der Waals surface area contributed by atoms with Gasteiger partial charge in [-0.05, 0) is 64.2 Å². The van der Waals surface area contributed by atoms with Gasteiger partial charge in [-0.25, -0.2) is 0 Å². The van der Waals surface area contributed by atoms with Crippen LogP contribution in [0.2, 0.25) is 0 Å². The maximum absolute atomic E-state index is 10.7. The average molecular weight is 328 g/mol. The Morgan fingerprint density at radius 2 is 2.00 bits per heavy atom. The van der Waals surface area contributed by atoms with Crippen molar-refractivity contribution in [3.63, 3.8) is 0 Å². The molecular weight excluding hydrogens is 296 g/mol. The van der Waals surface area contributed by atoms with Gasteiger partial charge in [0.25, 0.3) is 0 Å². The highest BCUT2D eigenvalue weighted by atomic mass is 16.5. The summed E-state index contributed by atoms with van der Waals surface area (Å²) in [4.78, 5) is 0. The summed E-state index contributed by atoms with van der Waals surface area (Å²) in [7, 11) is 0. The summed E-state index contributed by atoms with van der Waals surface area (Å²) >= 11 is 0. The summed E-state index contributed by atoms with van der Waals surface area (Å²) in [6.07, 6.45) is 10.6. The number of hydrogen-bond donors (Lipinski definition) is 1. The van der Waals surface area contributed by atoms with Crippen molar-refractivity contribution in [3.8, 4) is 11.5 Å². The number of allylic oxidation sites excluding steroid dienone is 2. The molecule has 24 heavy (non-hydrogen) atoms. The van der Waals surface area contributed by atoms with E-state index in [4.69, 9.17) is 4.74 Å². The summed E-state index contributed by atoms with van der Waals surface area (Å²) in [5, 5.41) is 10.7. The first-order valence-corrected chi connectivity index (χ1v) is 9.64. The summed E-state index contributed by atoms with van der Waals surface area (Å²) in [6, 6.07) is 4.15. The first-order valence-electron chi connectivity index (χ1n) is 9.64. The van der Waals surface area contributed by atoms with Crippen LogP contribution in [0.15, 0.2) is 23.8 Å². The Morgan fingerprint density at radius 1 is 1.21 bits per heavy atom. The van der Waals surface area contributed by atoms with Crippen LogP contribution in [0.5, 0.6) is 11.5 Å². The smallest absolute Gasteiger partial charge is 0.127 e. The number of fused-ring (bicyclic) bond motifs is 3. The monoisotopic (exact) mass is 328 g/mol. The second-order valence-electron chi connectivity index (χ2n) is 8.23. The van der Waals surface area contributed by atoms with E-state index in [0.29, 0.717) is 11.7 Å². The Balaban J connectivity index is 1.91. The number of benzene rings is 1. The summed E-state index contributed by atoms with van der Waals surface area (Å²) in [5.41, 5.74) is 3.47. The number of phenolic OH excluding ortho intramolecular Hbond substituents is 1. The molecule has 0 amide bonds. The van der Waals surface area contributed by atoms with Crippen molar-refractivity contribution in [1.82, 2.24) is 0 Å². The minimum absolute atomic E-state index is 0.178. The maximum Gasteiger partial charge on any atom is 0.127 e. The number of phenols is 1. The molecule has 0 radical (unpaired) electrons. The van der Waals surface area contributed by atoms with E-state index < -0.39 is 0 Å². The Labute approximate surface area is 146 Å². The Morgan fingerprint density at radius 3 is 2.75 bits per heavy atom. The number of aromatic hydroxyl groups is 1. The van der Waals surface area contributed by atoms with E-state index in [1.807, 2.05) is 6.07 Å². The van der Waals surface area contributed by atoms with Crippen LogP contribution in [-0.2, 0) is 6.42 Å². The molecule has 0 fully saturated rings. The molecule has 132 valence electrons. The van der Waals surface area contributed by atoms with Crippen molar-refractivity contribution in [2.24, 2.45) is 5.92 Å². The Bertz CT molecular complexity index is 627. The van der Waals surface area contributed by atoms with Crippen LogP contribution in [0, 0.1) is 5.92 Å². The molecule has 2 unspecified atom stereocenters. The van der Waals surface area contributed by atoms with E-state index in [1.165, 1.54) is 36.8 Å². The first-order chi connectivity index (χ1) is 11.4. The summed E-state index contributed by atoms with van der Waals surface area (Å²) < 4.78 is 6.38. The Kier molecular flexibility index (Phi) is 4.94. The van der Waals surface area contributed by atoms with E-state index >= 15 is 0 Å². The lowest BCUT2D eigenvalue weighted by atomic mass is 9.68. The second kappa shape index (κ2) is 6.82. The van der Waals surface area contributed by atoms with E-state index in [2.05, 4.69) is 39.8 Å². The third-order valence-electron chi connectivity index (χ3n) is 5.85. The lowest BCUT2D eigenvalue weighted by Gasteiger charge is -2.46. The number of unbranched alkanes of at least 4 members (excludes halogenated alkanes) is 3. The normalized spacial score (nSPS) is 24.6. The van der Waals surface area contributed by atoms with Crippen molar-refractivity contribution in [1.29, 1.82) is 0 Å². The van der Waals surface area contributed by atoms with Gasteiger partial charge in [-0.3, -0.25) is 0 Å². The zero-order valence-corrected chi connectivity index (χ0v) is 15.7. The lowest BCUT2D eigenvalue weighted by Crippen LogP contribution is -2.45. The van der Waals surface area contributed by atoms with Crippen molar-refractivity contribution < 1.29 is 9.84 Å². The fourth-order valence-corrected chi connectivity index (χ4v) is 4.48. The van der Waals surface area contributed by atoms with Crippen LogP contribution in [0.1, 0.15) is 83.3 Å². The predicted molar refractivity (Wildman–Crippen MR) is 99.9 cm³/mol. The highest BCUT2D eigenvalue weighted by Gasteiger charge is 2.45. The van der Waals surface area contributed by atoms with Crippen molar-refractivity contribution in [2.75, 3.05) is 0 Å². The third-order valence-corrected chi connectivity index (χ3v) is 5.85. The van der Waals surface area contributed by atoms with Gasteiger partial charge in [0.2, 0.25) is 0 Å². The van der Waals surface area contributed by atoms with E-state index in [0.717, 1.165) is 30.6 Å². The highest BCUT2D eigenvalue weighted by Crippen LogP contribution is 2.53. The molecule has 0 saturated heterocycles. The van der Waals surface area contributed by atoms with Crippen LogP contribution in [0.4, 0.5) is 0 Å². The lowest BCUT2D eigenvalue weighted by molar-refractivity contribution is 0.0107. The van der Waals surface area contributed by atoms with Gasteiger partial charge < -0.3 is 9.84 Å². The minimum atomic E-state index is -0.178. The molecule has 2 atom stereocenters. The Hall–Kier alpha value is -1.44. The summed E-state index contributed by atoms with van der Waals surface area (Å²) in [6.45, 7) is 8.84. The summed E-state index contributed by atoms with van der Waals surface area (Å²) in [5.74, 6) is 2.05. The standard InChI is InChI=1S/C22H32O2/c1-5-6-7-8-9-16-13-19(23)21-17-12-15(2)10-11-18(17)22(3,4)24-20(21)14-16/h12-14,17-18,23H,5-11H2,1-4H3. The molecule has 0 saturated carbocycles. The zero-order chi connectivity index (χ0) is 17.3. The van der Waals surface area contributed by atoms with Crippen molar-refractivity contribution in [2.45, 2.75) is 84.2 Å². The van der Waals surface area contributed by atoms with Crippen LogP contribution in [0.3, 0.4) is 0 Å². The molecule has 3 rings (SSSR count). The average Bonchev–Trinajstić information content (AvgIpc) is 2.50. The molecule has 0 aromatic heterocycles. The molecule has 1 N–H and O–H groups in total. The molecule has 1 aromatic carbocycles. The predicted octanol–water partition coefficient (Wildman–Crippen LogP) is 6.13. The number of hydrogen-bond acceptors (Lipinski definition) is 2. The minimum Gasteiger partial charge on any atom is -0.507 e. The first kappa shape index (κ1) is 17.4. The van der Waals surface area contributed by atoms with E-state index in [9.17, 15) is 5.11 Å². The topological polar surface area (TPSA) is 29.5 Å². The van der Waals surface area contributed by atoms with Crippen LogP contribution < -0.4 is 4.74 Å². The van der Waals surface area contributed by atoms with Crippen molar-refractivity contribution >= 4 is 0 Å². The van der Waals surface area contributed by atoms with Gasteiger partial charge in [0.1, 0.15) is 17.1 Å². The second-order valence-corrected chi connectivity index (χ2v) is 8.23. The maximum atomic E-state index is 10.7. The van der Waals surface area contributed by atoms with Gasteiger partial charge in [-0.15, -0.1) is 0 Å². The van der Waals surface area contributed by atoms with E-state index in [1.54, 1.807) is 0 Å². The quantitative estimate of drug-likeness (QED) is 0.520. The van der Waals surface area contributed by atoms with E-state index in [-0.39, 0.29) is 11.5 Å². The molecule has 0 spiro atoms. The highest BCUT2D eigenvalue weighted by molar-refractivity contribution is 5.53. The molecule has 1 aliphatic carbocycles. The molecule has 1 aliphatic heterocycles. The van der Waals surface area contributed by atoms with Gasteiger partial charge in [-0.1, -0.05) is 37.8 Å². The molecule has 1 aromatic rings. The molecular formula is C22H32O2. The number of rotatable bonds is 5. The molecule has 2 heteroatoms. The fourth-order valence-electron chi connectivity index (χ4n) is 4.48. The zero-order valence-electron chi connectivity index (χ0n) is 15.7. The van der Waals surface area contributed by atoms with Gasteiger partial charge in [0.15, 0.2) is 0 Å². The SMILES string of the molecule is CCCCCCc1cc(O)c2c(c1)OC(C)(C)C1CCC(C)=CC21. The van der Waals surface area contributed by atoms with Crippen LogP contribution in [0.25, 0.3) is 0 Å². The molecule has 0 bridgehead atoms. The molecule has 2 nitrogen and oxygen atoms in total. The van der Waals surface area contributed by atoms with Gasteiger partial charge in [0.05, 0.1) is 0 Å². The van der Waals surface area contributed by atoms with Crippen LogP contribution >= 0.6 is 0 Å².